The van der Waals surface area contributed by atoms with Crippen molar-refractivity contribution in [1.82, 2.24) is 8.87 Å². The number of anilines is 1. The van der Waals surface area contributed by atoms with Crippen LogP contribution in [-0.4, -0.2) is 50.0 Å². The average Bonchev–Trinajstić information content (AvgIpc) is 3.22. The summed E-state index contributed by atoms with van der Waals surface area (Å²) in [5.41, 5.74) is 1.76. The Hall–Kier alpha value is -2.68. The number of nitrogens with one attached hydrogen (secondary N) is 1. The zero-order valence-electron chi connectivity index (χ0n) is 17.5. The quantitative estimate of drug-likeness (QED) is 0.610. The normalized spacial score (nSPS) is 17.6. The van der Waals surface area contributed by atoms with Gasteiger partial charge in [0.25, 0.3) is 0 Å². The molecule has 1 atom stereocenters. The Bertz CT molecular complexity index is 1160. The van der Waals surface area contributed by atoms with Gasteiger partial charge in [-0.1, -0.05) is 24.3 Å². The number of carbonyl (C=O) groups is 1. The van der Waals surface area contributed by atoms with Gasteiger partial charge in [-0.05, 0) is 43.2 Å². The lowest BCUT2D eigenvalue weighted by Gasteiger charge is -2.31. The summed E-state index contributed by atoms with van der Waals surface area (Å²) >= 11 is 0. The van der Waals surface area contributed by atoms with Crippen molar-refractivity contribution in [3.8, 4) is 0 Å². The van der Waals surface area contributed by atoms with Gasteiger partial charge in [0.05, 0.1) is 28.6 Å². The number of ether oxygens (including phenoxy) is 1. The van der Waals surface area contributed by atoms with Crippen LogP contribution in [0.15, 0.2) is 65.7 Å². The molecule has 0 unspecified atom stereocenters. The van der Waals surface area contributed by atoms with Crippen LogP contribution in [0.1, 0.15) is 12.8 Å². The minimum absolute atomic E-state index is 0.148. The van der Waals surface area contributed by atoms with Crippen molar-refractivity contribution in [3.63, 3.8) is 0 Å². The Balaban J connectivity index is 1.50. The Morgan fingerprint density at radius 1 is 1.13 bits per heavy atom. The first-order valence-electron chi connectivity index (χ1n) is 10.4. The summed E-state index contributed by atoms with van der Waals surface area (Å²) in [5, 5.41) is 3.99. The number of hydrogen-bond acceptors (Lipinski definition) is 4. The standard InChI is InChI=1S/C23H27N3O4S/c1-30-16-15-25-14-12-20-21(10-5-11-22(20)25)24-23(27)18-7-6-13-26(17-18)31(28,29)19-8-3-2-4-9-19/h2-5,8-12,14,18H,6-7,13,15-17H2,1H3,(H,24,27)/t18-/m0/s1. The van der Waals surface area contributed by atoms with Crippen LogP contribution in [0.25, 0.3) is 10.9 Å². The molecule has 0 spiro atoms. The number of piperidine rings is 1. The number of hydrogen-bond donors (Lipinski definition) is 1. The van der Waals surface area contributed by atoms with E-state index in [1.807, 2.05) is 30.5 Å². The van der Waals surface area contributed by atoms with Crippen molar-refractivity contribution < 1.29 is 17.9 Å². The number of methoxy groups -OCH3 is 1. The lowest BCUT2D eigenvalue weighted by atomic mass is 9.98. The van der Waals surface area contributed by atoms with E-state index in [9.17, 15) is 13.2 Å². The zero-order valence-corrected chi connectivity index (χ0v) is 18.3. The topological polar surface area (TPSA) is 80.6 Å². The highest BCUT2D eigenvalue weighted by Crippen LogP contribution is 2.28. The van der Waals surface area contributed by atoms with E-state index in [4.69, 9.17) is 4.74 Å². The third kappa shape index (κ3) is 4.51. The molecule has 2 aromatic carbocycles. The molecule has 7 nitrogen and oxygen atoms in total. The third-order valence-electron chi connectivity index (χ3n) is 5.74. The van der Waals surface area contributed by atoms with E-state index in [0.29, 0.717) is 26.0 Å². The second-order valence-corrected chi connectivity index (χ2v) is 9.68. The molecule has 1 amide bonds. The molecule has 0 aliphatic carbocycles. The van der Waals surface area contributed by atoms with E-state index in [0.717, 1.165) is 23.1 Å². The van der Waals surface area contributed by atoms with Crippen LogP contribution in [0, 0.1) is 5.92 Å². The fourth-order valence-electron chi connectivity index (χ4n) is 4.07. The lowest BCUT2D eigenvalue weighted by Crippen LogP contribution is -2.43. The molecule has 4 rings (SSSR count). The van der Waals surface area contributed by atoms with Gasteiger partial charge in [-0.15, -0.1) is 0 Å². The third-order valence-corrected chi connectivity index (χ3v) is 7.62. The summed E-state index contributed by atoms with van der Waals surface area (Å²) in [6.45, 7) is 1.95. The molecule has 3 aromatic rings. The summed E-state index contributed by atoms with van der Waals surface area (Å²) in [6, 6.07) is 16.2. The van der Waals surface area contributed by atoms with E-state index in [2.05, 4.69) is 9.88 Å². The van der Waals surface area contributed by atoms with Gasteiger partial charge < -0.3 is 14.6 Å². The minimum Gasteiger partial charge on any atom is -0.383 e. The molecule has 0 saturated carbocycles. The van der Waals surface area contributed by atoms with Crippen LogP contribution in [0.4, 0.5) is 5.69 Å². The van der Waals surface area contributed by atoms with Crippen LogP contribution < -0.4 is 5.32 Å². The van der Waals surface area contributed by atoms with Gasteiger partial charge in [0.1, 0.15) is 0 Å². The van der Waals surface area contributed by atoms with Crippen molar-refractivity contribution >= 4 is 32.5 Å². The zero-order chi connectivity index (χ0) is 21.8. The summed E-state index contributed by atoms with van der Waals surface area (Å²) in [6.07, 6.45) is 3.30. The fraction of sp³-hybridized carbons (Fsp3) is 0.348. The van der Waals surface area contributed by atoms with Gasteiger partial charge in [-0.25, -0.2) is 8.42 Å². The highest BCUT2D eigenvalue weighted by atomic mass is 32.2. The predicted molar refractivity (Wildman–Crippen MR) is 120 cm³/mol. The number of rotatable bonds is 7. The SMILES string of the molecule is COCCn1ccc2c(NC(=O)[C@H]3CCCN(S(=O)(=O)c4ccccc4)C3)cccc21. The first-order valence-corrected chi connectivity index (χ1v) is 11.9. The molecule has 1 saturated heterocycles. The molecule has 1 aromatic heterocycles. The molecule has 164 valence electrons. The van der Waals surface area contributed by atoms with Crippen LogP contribution in [-0.2, 0) is 26.1 Å². The van der Waals surface area contributed by atoms with Gasteiger partial charge in [-0.3, -0.25) is 4.79 Å². The number of benzene rings is 2. The van der Waals surface area contributed by atoms with Gasteiger partial charge in [-0.2, -0.15) is 4.31 Å². The summed E-state index contributed by atoms with van der Waals surface area (Å²) in [4.78, 5) is 13.3. The molecule has 0 radical (unpaired) electrons. The second kappa shape index (κ2) is 9.21. The van der Waals surface area contributed by atoms with Crippen molar-refractivity contribution in [2.45, 2.75) is 24.3 Å². The molecule has 2 heterocycles. The van der Waals surface area contributed by atoms with E-state index >= 15 is 0 Å². The minimum atomic E-state index is -3.60. The highest BCUT2D eigenvalue weighted by Gasteiger charge is 2.33. The number of amides is 1. The first kappa shape index (κ1) is 21.5. The number of fused-ring (bicyclic) bond motifs is 1. The molecule has 0 bridgehead atoms. The Labute approximate surface area is 182 Å². The Morgan fingerprint density at radius 3 is 2.71 bits per heavy atom. The van der Waals surface area contributed by atoms with Gasteiger partial charge in [0, 0.05) is 38.3 Å². The number of nitrogens with zero attached hydrogens (tertiary/aromatic N) is 2. The molecule has 1 fully saturated rings. The first-order chi connectivity index (χ1) is 15.0. The summed E-state index contributed by atoms with van der Waals surface area (Å²) in [7, 11) is -1.93. The van der Waals surface area contributed by atoms with E-state index in [1.54, 1.807) is 37.4 Å². The van der Waals surface area contributed by atoms with Gasteiger partial charge >= 0.3 is 0 Å². The van der Waals surface area contributed by atoms with E-state index in [-0.39, 0.29) is 17.3 Å². The Morgan fingerprint density at radius 2 is 1.94 bits per heavy atom. The monoisotopic (exact) mass is 441 g/mol. The fourth-order valence-corrected chi connectivity index (χ4v) is 5.61. The Kier molecular flexibility index (Phi) is 6.41. The average molecular weight is 442 g/mol. The summed E-state index contributed by atoms with van der Waals surface area (Å²) in [5.74, 6) is -0.539. The lowest BCUT2D eigenvalue weighted by molar-refractivity contribution is -0.120. The second-order valence-electron chi connectivity index (χ2n) is 7.74. The predicted octanol–water partition coefficient (Wildman–Crippen LogP) is 3.33. The maximum absolute atomic E-state index is 13.0. The van der Waals surface area contributed by atoms with Crippen LogP contribution in [0.2, 0.25) is 0 Å². The molecular formula is C23H27N3O4S. The smallest absolute Gasteiger partial charge is 0.243 e. The maximum Gasteiger partial charge on any atom is 0.243 e. The molecule has 31 heavy (non-hydrogen) atoms. The number of aromatic nitrogens is 1. The maximum atomic E-state index is 13.0. The largest absolute Gasteiger partial charge is 0.383 e. The van der Waals surface area contributed by atoms with E-state index < -0.39 is 15.9 Å². The number of carbonyl (C=O) groups excluding carboxylic acids is 1. The van der Waals surface area contributed by atoms with Crippen LogP contribution in [0.5, 0.6) is 0 Å². The summed E-state index contributed by atoms with van der Waals surface area (Å²) < 4.78 is 34.6. The molecule has 1 N–H and O–H groups in total. The van der Waals surface area contributed by atoms with Crippen molar-refractivity contribution in [1.29, 1.82) is 0 Å². The highest BCUT2D eigenvalue weighted by molar-refractivity contribution is 7.89. The van der Waals surface area contributed by atoms with Gasteiger partial charge in [0.2, 0.25) is 15.9 Å². The molecular weight excluding hydrogens is 414 g/mol. The van der Waals surface area contributed by atoms with E-state index in [1.165, 1.54) is 4.31 Å². The van der Waals surface area contributed by atoms with Crippen molar-refractivity contribution in [2.24, 2.45) is 5.92 Å². The molecule has 1 aliphatic heterocycles. The van der Waals surface area contributed by atoms with Crippen molar-refractivity contribution in [2.75, 3.05) is 32.1 Å². The number of sulfonamides is 1. The van der Waals surface area contributed by atoms with Crippen LogP contribution >= 0.6 is 0 Å². The van der Waals surface area contributed by atoms with Crippen LogP contribution in [0.3, 0.4) is 0 Å². The van der Waals surface area contributed by atoms with Crippen molar-refractivity contribution in [3.05, 3.63) is 60.8 Å². The van der Waals surface area contributed by atoms with Gasteiger partial charge in [0.15, 0.2) is 0 Å². The molecule has 8 heteroatoms. The molecule has 1 aliphatic rings.